The highest BCUT2D eigenvalue weighted by molar-refractivity contribution is 4.84. The normalized spacial score (nSPS) is 20.8. The minimum Gasteiger partial charge on any atom is -0.250 e. The van der Waals surface area contributed by atoms with E-state index in [2.05, 4.69) is 13.8 Å². The Hall–Kier alpha value is -0.0700. The fraction of sp³-hybridized carbons (Fsp3) is 1.00. The SMILES string of the molecule is CC.CC(C)C1(CF)CCCCC1. The van der Waals surface area contributed by atoms with Crippen LogP contribution in [0.25, 0.3) is 0 Å². The minimum absolute atomic E-state index is 0.0538. The lowest BCUT2D eigenvalue weighted by molar-refractivity contribution is 0.0804. The highest BCUT2D eigenvalue weighted by Gasteiger charge is 2.34. The Labute approximate surface area is 82.9 Å². The lowest BCUT2D eigenvalue weighted by Gasteiger charge is -2.38. The van der Waals surface area contributed by atoms with Gasteiger partial charge in [-0.15, -0.1) is 0 Å². The van der Waals surface area contributed by atoms with Crippen molar-refractivity contribution in [3.05, 3.63) is 0 Å². The first-order valence-electron chi connectivity index (χ1n) is 5.77. The first-order chi connectivity index (χ1) is 6.21. The lowest BCUT2D eigenvalue weighted by atomic mass is 9.68. The van der Waals surface area contributed by atoms with E-state index >= 15 is 0 Å². The molecule has 0 heterocycles. The van der Waals surface area contributed by atoms with Crippen molar-refractivity contribution in [2.45, 2.75) is 59.8 Å². The summed E-state index contributed by atoms with van der Waals surface area (Å²) in [5, 5.41) is 0. The summed E-state index contributed by atoms with van der Waals surface area (Å²) in [7, 11) is 0. The molecule has 0 aromatic rings. The van der Waals surface area contributed by atoms with Crippen molar-refractivity contribution < 1.29 is 4.39 Å². The molecule has 0 amide bonds. The smallest absolute Gasteiger partial charge is 0.0953 e. The van der Waals surface area contributed by atoms with E-state index in [1.165, 1.54) is 19.3 Å². The van der Waals surface area contributed by atoms with Crippen LogP contribution in [0.5, 0.6) is 0 Å². The topological polar surface area (TPSA) is 0 Å². The Balaban J connectivity index is 0.000000671. The Morgan fingerprint density at radius 3 is 1.77 bits per heavy atom. The average molecular weight is 188 g/mol. The zero-order chi connectivity index (χ0) is 10.3. The molecule has 0 bridgehead atoms. The van der Waals surface area contributed by atoms with Gasteiger partial charge >= 0.3 is 0 Å². The molecule has 1 heteroatoms. The van der Waals surface area contributed by atoms with Crippen LogP contribution in [0, 0.1) is 11.3 Å². The van der Waals surface area contributed by atoms with Gasteiger partial charge in [0.05, 0.1) is 6.67 Å². The molecule has 13 heavy (non-hydrogen) atoms. The van der Waals surface area contributed by atoms with E-state index in [1.807, 2.05) is 13.8 Å². The van der Waals surface area contributed by atoms with Crippen molar-refractivity contribution in [2.75, 3.05) is 6.67 Å². The Morgan fingerprint density at radius 2 is 1.54 bits per heavy atom. The van der Waals surface area contributed by atoms with Crippen molar-refractivity contribution in [3.8, 4) is 0 Å². The molecule has 0 spiro atoms. The van der Waals surface area contributed by atoms with Gasteiger partial charge in [-0.1, -0.05) is 47.0 Å². The lowest BCUT2D eigenvalue weighted by Crippen LogP contribution is -2.32. The third kappa shape index (κ3) is 3.28. The van der Waals surface area contributed by atoms with E-state index < -0.39 is 0 Å². The molecule has 0 N–H and O–H groups in total. The second-order valence-electron chi connectivity index (χ2n) is 4.21. The molecule has 1 fully saturated rings. The van der Waals surface area contributed by atoms with Crippen LogP contribution in [-0.2, 0) is 0 Å². The molecule has 0 unspecified atom stereocenters. The van der Waals surface area contributed by atoms with Crippen LogP contribution < -0.4 is 0 Å². The van der Waals surface area contributed by atoms with Crippen LogP contribution >= 0.6 is 0 Å². The summed E-state index contributed by atoms with van der Waals surface area (Å²) in [5.41, 5.74) is 0.0538. The van der Waals surface area contributed by atoms with Crippen LogP contribution in [0.4, 0.5) is 4.39 Å². The summed E-state index contributed by atoms with van der Waals surface area (Å²) in [4.78, 5) is 0. The van der Waals surface area contributed by atoms with Gasteiger partial charge in [-0.25, -0.2) is 0 Å². The number of halogens is 1. The fourth-order valence-corrected chi connectivity index (χ4v) is 2.12. The predicted octanol–water partition coefficient (Wildman–Crippen LogP) is 4.59. The quantitative estimate of drug-likeness (QED) is 0.594. The van der Waals surface area contributed by atoms with Gasteiger partial charge in [-0.2, -0.15) is 0 Å². The van der Waals surface area contributed by atoms with Crippen molar-refractivity contribution >= 4 is 0 Å². The van der Waals surface area contributed by atoms with Crippen LogP contribution in [0.2, 0.25) is 0 Å². The van der Waals surface area contributed by atoms with E-state index in [9.17, 15) is 4.39 Å². The monoisotopic (exact) mass is 188 g/mol. The molecule has 1 rings (SSSR count). The zero-order valence-electron chi connectivity index (χ0n) is 9.70. The van der Waals surface area contributed by atoms with Crippen molar-refractivity contribution in [3.63, 3.8) is 0 Å². The number of hydrogen-bond acceptors (Lipinski definition) is 0. The summed E-state index contributed by atoms with van der Waals surface area (Å²) in [6.45, 7) is 8.21. The molecule has 0 aromatic carbocycles. The van der Waals surface area contributed by atoms with Crippen molar-refractivity contribution in [1.29, 1.82) is 0 Å². The summed E-state index contributed by atoms with van der Waals surface area (Å²) in [6.07, 6.45) is 6.01. The average Bonchev–Trinajstić information content (AvgIpc) is 2.21. The molecule has 80 valence electrons. The Kier molecular flexibility index (Phi) is 6.36. The van der Waals surface area contributed by atoms with Crippen LogP contribution in [-0.4, -0.2) is 6.67 Å². The number of rotatable bonds is 2. The van der Waals surface area contributed by atoms with E-state index in [1.54, 1.807) is 0 Å². The minimum atomic E-state index is -0.106. The van der Waals surface area contributed by atoms with Gasteiger partial charge in [-0.3, -0.25) is 4.39 Å². The van der Waals surface area contributed by atoms with Gasteiger partial charge in [0.1, 0.15) is 0 Å². The third-order valence-corrected chi connectivity index (χ3v) is 3.34. The van der Waals surface area contributed by atoms with Gasteiger partial charge in [0, 0.05) is 5.41 Å². The molecular formula is C12H25F. The predicted molar refractivity (Wildman–Crippen MR) is 57.7 cm³/mol. The van der Waals surface area contributed by atoms with Crippen molar-refractivity contribution in [1.82, 2.24) is 0 Å². The fourth-order valence-electron chi connectivity index (χ4n) is 2.12. The second-order valence-corrected chi connectivity index (χ2v) is 4.21. The van der Waals surface area contributed by atoms with Gasteiger partial charge in [0.25, 0.3) is 0 Å². The van der Waals surface area contributed by atoms with Crippen molar-refractivity contribution in [2.24, 2.45) is 11.3 Å². The molecule has 0 aromatic heterocycles. The Morgan fingerprint density at radius 1 is 1.08 bits per heavy atom. The molecule has 1 aliphatic carbocycles. The van der Waals surface area contributed by atoms with E-state index in [-0.39, 0.29) is 12.1 Å². The van der Waals surface area contributed by atoms with Gasteiger partial charge in [0.2, 0.25) is 0 Å². The van der Waals surface area contributed by atoms with Crippen LogP contribution in [0.15, 0.2) is 0 Å². The highest BCUT2D eigenvalue weighted by atomic mass is 19.1. The van der Waals surface area contributed by atoms with E-state index in [4.69, 9.17) is 0 Å². The Bertz CT molecular complexity index is 112. The first kappa shape index (κ1) is 12.9. The van der Waals surface area contributed by atoms with Gasteiger partial charge in [0.15, 0.2) is 0 Å². The van der Waals surface area contributed by atoms with E-state index in [0.717, 1.165) is 12.8 Å². The largest absolute Gasteiger partial charge is 0.250 e. The molecule has 1 aliphatic rings. The number of alkyl halides is 1. The first-order valence-corrected chi connectivity index (χ1v) is 5.77. The summed E-state index contributed by atoms with van der Waals surface area (Å²) >= 11 is 0. The maximum atomic E-state index is 12.8. The van der Waals surface area contributed by atoms with Crippen LogP contribution in [0.3, 0.4) is 0 Å². The summed E-state index contributed by atoms with van der Waals surface area (Å²) in [5.74, 6) is 0.521. The molecular weight excluding hydrogens is 163 g/mol. The third-order valence-electron chi connectivity index (χ3n) is 3.34. The molecule has 0 radical (unpaired) electrons. The highest BCUT2D eigenvalue weighted by Crippen LogP contribution is 2.42. The van der Waals surface area contributed by atoms with Crippen LogP contribution in [0.1, 0.15) is 59.8 Å². The summed E-state index contributed by atoms with van der Waals surface area (Å²) < 4.78 is 12.8. The standard InChI is InChI=1S/C10H19F.C2H6/c1-9(2)10(8-11)6-4-3-5-7-10;1-2/h9H,3-8H2,1-2H3;1-2H3. The maximum absolute atomic E-state index is 12.8. The molecule has 1 saturated carbocycles. The molecule has 0 aliphatic heterocycles. The summed E-state index contributed by atoms with van der Waals surface area (Å²) in [6, 6.07) is 0. The zero-order valence-corrected chi connectivity index (χ0v) is 9.70. The molecule has 0 saturated heterocycles. The van der Waals surface area contributed by atoms with Gasteiger partial charge < -0.3 is 0 Å². The van der Waals surface area contributed by atoms with Gasteiger partial charge in [-0.05, 0) is 18.8 Å². The molecule has 0 atom stereocenters. The number of hydrogen-bond donors (Lipinski definition) is 0. The maximum Gasteiger partial charge on any atom is 0.0953 e. The van der Waals surface area contributed by atoms with E-state index in [0.29, 0.717) is 5.92 Å². The molecule has 0 nitrogen and oxygen atoms in total. The second kappa shape index (κ2) is 6.39.